The van der Waals surface area contributed by atoms with Crippen LogP contribution in [0.2, 0.25) is 0 Å². The van der Waals surface area contributed by atoms with Crippen LogP contribution in [0.3, 0.4) is 0 Å². The molecule has 0 aromatic heterocycles. The van der Waals surface area contributed by atoms with Crippen LogP contribution in [0.4, 0.5) is 0 Å². The van der Waals surface area contributed by atoms with Gasteiger partial charge in [-0.15, -0.1) is 23.2 Å². The molecular weight excluding hydrogens is 354 g/mol. The van der Waals surface area contributed by atoms with Gasteiger partial charge in [-0.3, -0.25) is 4.52 Å². The van der Waals surface area contributed by atoms with Crippen LogP contribution in [-0.4, -0.2) is 32.5 Å². The van der Waals surface area contributed by atoms with E-state index in [4.69, 9.17) is 33.0 Å². The zero-order chi connectivity index (χ0) is 13.7. The Hall–Kier alpha value is 1.17. The number of phosphoric acid groups is 1. The lowest BCUT2D eigenvalue weighted by Crippen LogP contribution is -2.43. The van der Waals surface area contributed by atoms with E-state index in [0.29, 0.717) is 24.6 Å². The first-order valence-electron chi connectivity index (χ1n) is 5.09. The molecule has 0 fully saturated rings. The van der Waals surface area contributed by atoms with E-state index < -0.39 is 17.6 Å². The van der Waals surface area contributed by atoms with Crippen LogP contribution in [0, 0.1) is 5.41 Å². The van der Waals surface area contributed by atoms with Crippen molar-refractivity contribution in [1.29, 1.82) is 0 Å². The summed E-state index contributed by atoms with van der Waals surface area (Å²) in [6, 6.07) is 0. The molecule has 0 aromatic carbocycles. The first kappa shape index (κ1) is 18.2. The Labute approximate surface area is 120 Å². The maximum Gasteiger partial charge on any atom is 0.469 e. The Morgan fingerprint density at radius 2 is 1.65 bits per heavy atom. The van der Waals surface area contributed by atoms with Gasteiger partial charge in [0.05, 0.1) is 6.61 Å². The SMILES string of the molecule is CC(C)(COP(=O)(O)O)C(Br)(CCCl)CCCl. The fraction of sp³-hybridized carbons (Fsp3) is 1.00. The Morgan fingerprint density at radius 3 is 1.94 bits per heavy atom. The van der Waals surface area contributed by atoms with Crippen molar-refractivity contribution in [3.63, 3.8) is 0 Å². The smallest absolute Gasteiger partial charge is 0.303 e. The molecule has 8 heteroatoms. The fourth-order valence-electron chi connectivity index (χ4n) is 1.48. The highest BCUT2D eigenvalue weighted by Crippen LogP contribution is 2.48. The van der Waals surface area contributed by atoms with Crippen LogP contribution in [0.25, 0.3) is 0 Å². The van der Waals surface area contributed by atoms with Crippen molar-refractivity contribution in [1.82, 2.24) is 0 Å². The quantitative estimate of drug-likeness (QED) is 0.506. The summed E-state index contributed by atoms with van der Waals surface area (Å²) in [6.07, 6.45) is 1.28. The lowest BCUT2D eigenvalue weighted by atomic mass is 9.76. The predicted octanol–water partition coefficient (Wildman–Crippen LogP) is 3.51. The van der Waals surface area contributed by atoms with Gasteiger partial charge in [0.25, 0.3) is 0 Å². The number of hydrogen-bond donors (Lipinski definition) is 2. The number of rotatable bonds is 8. The van der Waals surface area contributed by atoms with Gasteiger partial charge in [0, 0.05) is 21.5 Å². The number of phosphoric ester groups is 1. The molecule has 0 heterocycles. The highest BCUT2D eigenvalue weighted by atomic mass is 79.9. The standard InChI is InChI=1S/C9H18BrCl2O4P/c1-8(2,7-16-17(13,14)15)9(10,3-5-11)4-6-12/h3-7H2,1-2H3,(H2,13,14,15). The van der Waals surface area contributed by atoms with Crippen LogP contribution < -0.4 is 0 Å². The molecule has 104 valence electrons. The molecule has 17 heavy (non-hydrogen) atoms. The fourth-order valence-corrected chi connectivity index (χ4v) is 3.58. The molecule has 0 aliphatic rings. The van der Waals surface area contributed by atoms with Gasteiger partial charge in [-0.1, -0.05) is 29.8 Å². The van der Waals surface area contributed by atoms with Gasteiger partial charge in [-0.05, 0) is 12.8 Å². The molecule has 0 aliphatic carbocycles. The molecule has 0 aromatic rings. The average Bonchev–Trinajstić information content (AvgIpc) is 2.14. The van der Waals surface area contributed by atoms with Crippen LogP contribution in [0.15, 0.2) is 0 Å². The summed E-state index contributed by atoms with van der Waals surface area (Å²) in [6.45, 7) is 3.64. The van der Waals surface area contributed by atoms with Gasteiger partial charge < -0.3 is 9.79 Å². The second kappa shape index (κ2) is 7.09. The zero-order valence-electron chi connectivity index (χ0n) is 9.83. The van der Waals surface area contributed by atoms with E-state index in [1.165, 1.54) is 0 Å². The van der Waals surface area contributed by atoms with Crippen molar-refractivity contribution in [2.45, 2.75) is 31.0 Å². The molecule has 0 rings (SSSR count). The molecule has 0 aliphatic heterocycles. The topological polar surface area (TPSA) is 66.8 Å². The molecule has 0 bridgehead atoms. The summed E-state index contributed by atoms with van der Waals surface area (Å²) in [5, 5.41) is 0. The second-order valence-corrected chi connectivity index (χ2v) is 8.00. The van der Waals surface area contributed by atoms with Crippen LogP contribution >= 0.6 is 47.0 Å². The van der Waals surface area contributed by atoms with E-state index in [1.54, 1.807) is 0 Å². The van der Waals surface area contributed by atoms with E-state index in [-0.39, 0.29) is 6.61 Å². The number of halogens is 3. The van der Waals surface area contributed by atoms with Crippen LogP contribution in [-0.2, 0) is 9.09 Å². The van der Waals surface area contributed by atoms with E-state index in [1.807, 2.05) is 13.8 Å². The Morgan fingerprint density at radius 1 is 1.24 bits per heavy atom. The predicted molar refractivity (Wildman–Crippen MR) is 74.1 cm³/mol. The van der Waals surface area contributed by atoms with Crippen molar-refractivity contribution in [3.05, 3.63) is 0 Å². The van der Waals surface area contributed by atoms with Crippen molar-refractivity contribution in [2.75, 3.05) is 18.4 Å². The molecule has 0 saturated heterocycles. The normalized spacial score (nSPS) is 14.1. The van der Waals surface area contributed by atoms with Crippen LogP contribution in [0.1, 0.15) is 26.7 Å². The second-order valence-electron chi connectivity index (χ2n) is 4.49. The van der Waals surface area contributed by atoms with E-state index in [2.05, 4.69) is 20.5 Å². The lowest BCUT2D eigenvalue weighted by molar-refractivity contribution is 0.0985. The van der Waals surface area contributed by atoms with E-state index in [9.17, 15) is 4.57 Å². The van der Waals surface area contributed by atoms with E-state index in [0.717, 1.165) is 0 Å². The van der Waals surface area contributed by atoms with Crippen LogP contribution in [0.5, 0.6) is 0 Å². The first-order valence-corrected chi connectivity index (χ1v) is 8.48. The third-order valence-corrected chi connectivity index (χ3v) is 5.50. The average molecular weight is 372 g/mol. The van der Waals surface area contributed by atoms with Gasteiger partial charge in [-0.2, -0.15) is 0 Å². The molecule has 2 N–H and O–H groups in total. The minimum Gasteiger partial charge on any atom is -0.303 e. The lowest BCUT2D eigenvalue weighted by Gasteiger charge is -2.42. The van der Waals surface area contributed by atoms with Gasteiger partial charge in [-0.25, -0.2) is 4.57 Å². The Balaban J connectivity index is 4.76. The maximum absolute atomic E-state index is 10.7. The Kier molecular flexibility index (Phi) is 7.57. The summed E-state index contributed by atoms with van der Waals surface area (Å²) in [5.74, 6) is 0.864. The highest BCUT2D eigenvalue weighted by Gasteiger charge is 2.43. The minimum atomic E-state index is -4.46. The molecule has 0 atom stereocenters. The first-order chi connectivity index (χ1) is 7.58. The summed E-state index contributed by atoms with van der Waals surface area (Å²) in [4.78, 5) is 17.5. The van der Waals surface area contributed by atoms with Crippen molar-refractivity contribution in [2.24, 2.45) is 5.41 Å². The summed E-state index contributed by atoms with van der Waals surface area (Å²) in [5.41, 5.74) is -0.502. The summed E-state index contributed by atoms with van der Waals surface area (Å²) < 4.78 is 14.9. The molecule has 0 amide bonds. The number of hydrogen-bond acceptors (Lipinski definition) is 2. The van der Waals surface area contributed by atoms with E-state index >= 15 is 0 Å². The minimum absolute atomic E-state index is 0.0731. The zero-order valence-corrected chi connectivity index (χ0v) is 13.8. The summed E-state index contributed by atoms with van der Waals surface area (Å²) in [7, 11) is -4.46. The molecular formula is C9H18BrCl2O4P. The van der Waals surface area contributed by atoms with Gasteiger partial charge in [0.15, 0.2) is 0 Å². The Bertz CT molecular complexity index is 276. The molecule has 0 radical (unpaired) electrons. The molecule has 0 saturated carbocycles. The van der Waals surface area contributed by atoms with Crippen molar-refractivity contribution < 1.29 is 18.9 Å². The van der Waals surface area contributed by atoms with Crippen molar-refractivity contribution >= 4 is 47.0 Å². The highest BCUT2D eigenvalue weighted by molar-refractivity contribution is 9.10. The third kappa shape index (κ3) is 6.24. The van der Waals surface area contributed by atoms with Gasteiger partial charge in [0.1, 0.15) is 0 Å². The van der Waals surface area contributed by atoms with Gasteiger partial charge >= 0.3 is 7.82 Å². The largest absolute Gasteiger partial charge is 0.469 e. The molecule has 4 nitrogen and oxygen atoms in total. The third-order valence-electron chi connectivity index (χ3n) is 2.79. The number of alkyl halides is 3. The summed E-state index contributed by atoms with van der Waals surface area (Å²) >= 11 is 15.1. The monoisotopic (exact) mass is 370 g/mol. The van der Waals surface area contributed by atoms with Crippen molar-refractivity contribution in [3.8, 4) is 0 Å². The molecule has 0 spiro atoms. The molecule has 0 unspecified atom stereocenters. The van der Waals surface area contributed by atoms with Gasteiger partial charge in [0.2, 0.25) is 0 Å². The maximum atomic E-state index is 10.7.